The first-order valence-electron chi connectivity index (χ1n) is 7.61. The largest absolute Gasteiger partial charge is 0.416 e. The van der Waals surface area contributed by atoms with Crippen molar-refractivity contribution in [3.63, 3.8) is 0 Å². The van der Waals surface area contributed by atoms with Gasteiger partial charge in [-0.2, -0.15) is 13.2 Å². The molecule has 2 rings (SSSR count). The molecule has 1 atom stereocenters. The predicted molar refractivity (Wildman–Crippen MR) is 78.0 cm³/mol. The molecule has 1 aliphatic rings. The average Bonchev–Trinajstić information content (AvgIpc) is 2.91. The fourth-order valence-electron chi connectivity index (χ4n) is 2.83. The van der Waals surface area contributed by atoms with Gasteiger partial charge in [0, 0.05) is 19.1 Å². The van der Waals surface area contributed by atoms with Gasteiger partial charge in [-0.05, 0) is 50.0 Å². The molecule has 1 saturated heterocycles. The first kappa shape index (κ1) is 16.3. The second kappa shape index (κ2) is 7.27. The summed E-state index contributed by atoms with van der Waals surface area (Å²) in [5.74, 6) is 0. The highest BCUT2D eigenvalue weighted by Gasteiger charge is 2.30. The van der Waals surface area contributed by atoms with Gasteiger partial charge in [0.1, 0.15) is 0 Å². The molecule has 1 heterocycles. The third kappa shape index (κ3) is 5.00. The second-order valence-electron chi connectivity index (χ2n) is 5.72. The van der Waals surface area contributed by atoms with E-state index in [9.17, 15) is 13.2 Å². The monoisotopic (exact) mass is 300 g/mol. The van der Waals surface area contributed by atoms with Gasteiger partial charge in [0.2, 0.25) is 0 Å². The highest BCUT2D eigenvalue weighted by Crippen LogP contribution is 2.29. The van der Waals surface area contributed by atoms with Gasteiger partial charge in [-0.15, -0.1) is 0 Å². The molecule has 118 valence electrons. The number of alkyl halides is 3. The van der Waals surface area contributed by atoms with Gasteiger partial charge < -0.3 is 5.32 Å². The lowest BCUT2D eigenvalue weighted by Crippen LogP contribution is -2.37. The van der Waals surface area contributed by atoms with Crippen LogP contribution in [0.5, 0.6) is 0 Å². The van der Waals surface area contributed by atoms with Crippen molar-refractivity contribution < 1.29 is 13.2 Å². The SMILES string of the molecule is CCCN(Cc1ccc(C(F)(F)F)cc1)CC1CCCN1. The fraction of sp³-hybridized carbons (Fsp3) is 0.625. The predicted octanol–water partition coefficient (Wildman–Crippen LogP) is 3.67. The summed E-state index contributed by atoms with van der Waals surface area (Å²) in [6.45, 7) is 5.85. The number of hydrogen-bond donors (Lipinski definition) is 1. The Bertz CT molecular complexity index is 422. The molecule has 0 spiro atoms. The van der Waals surface area contributed by atoms with Gasteiger partial charge in [0.15, 0.2) is 0 Å². The molecule has 0 amide bonds. The maximum atomic E-state index is 12.6. The van der Waals surface area contributed by atoms with Crippen LogP contribution < -0.4 is 5.32 Å². The van der Waals surface area contributed by atoms with E-state index in [1.165, 1.54) is 25.0 Å². The van der Waals surface area contributed by atoms with Crippen molar-refractivity contribution in [2.45, 2.75) is 44.9 Å². The number of halogens is 3. The summed E-state index contributed by atoms with van der Waals surface area (Å²) in [7, 11) is 0. The Kier molecular flexibility index (Phi) is 5.65. The summed E-state index contributed by atoms with van der Waals surface area (Å²) in [6, 6.07) is 6.05. The highest BCUT2D eigenvalue weighted by molar-refractivity contribution is 5.24. The number of rotatable bonds is 6. The molecule has 1 N–H and O–H groups in total. The molecule has 1 aliphatic heterocycles. The van der Waals surface area contributed by atoms with E-state index in [0.29, 0.717) is 12.6 Å². The fourth-order valence-corrected chi connectivity index (χ4v) is 2.83. The van der Waals surface area contributed by atoms with Crippen molar-refractivity contribution in [3.05, 3.63) is 35.4 Å². The van der Waals surface area contributed by atoms with Crippen LogP contribution in [0.3, 0.4) is 0 Å². The molecule has 1 aromatic carbocycles. The van der Waals surface area contributed by atoms with Crippen molar-refractivity contribution in [1.29, 1.82) is 0 Å². The summed E-state index contributed by atoms with van der Waals surface area (Å²) >= 11 is 0. The molecular formula is C16H23F3N2. The molecular weight excluding hydrogens is 277 g/mol. The average molecular weight is 300 g/mol. The topological polar surface area (TPSA) is 15.3 Å². The van der Waals surface area contributed by atoms with Crippen molar-refractivity contribution in [2.24, 2.45) is 0 Å². The lowest BCUT2D eigenvalue weighted by atomic mass is 10.1. The summed E-state index contributed by atoms with van der Waals surface area (Å²) in [5, 5.41) is 3.47. The van der Waals surface area contributed by atoms with Gasteiger partial charge in [-0.3, -0.25) is 4.90 Å². The Balaban J connectivity index is 1.95. The van der Waals surface area contributed by atoms with E-state index in [4.69, 9.17) is 0 Å². The third-order valence-corrected chi connectivity index (χ3v) is 3.87. The molecule has 21 heavy (non-hydrogen) atoms. The van der Waals surface area contributed by atoms with Gasteiger partial charge in [-0.25, -0.2) is 0 Å². The minimum atomic E-state index is -4.25. The summed E-state index contributed by atoms with van der Waals surface area (Å²) in [6.07, 6.45) is -0.805. The molecule has 5 heteroatoms. The quantitative estimate of drug-likeness (QED) is 0.862. The van der Waals surface area contributed by atoms with Crippen LogP contribution in [0.4, 0.5) is 13.2 Å². The van der Waals surface area contributed by atoms with Crippen LogP contribution in [0, 0.1) is 0 Å². The van der Waals surface area contributed by atoms with E-state index in [2.05, 4.69) is 17.1 Å². The lowest BCUT2D eigenvalue weighted by Gasteiger charge is -2.25. The molecule has 0 bridgehead atoms. The normalized spacial score (nSPS) is 19.4. The van der Waals surface area contributed by atoms with E-state index in [1.807, 2.05) is 0 Å². The molecule has 1 fully saturated rings. The maximum Gasteiger partial charge on any atom is 0.416 e. The van der Waals surface area contributed by atoms with Crippen molar-refractivity contribution in [1.82, 2.24) is 10.2 Å². The summed E-state index contributed by atoms with van der Waals surface area (Å²) < 4.78 is 37.7. The zero-order valence-corrected chi connectivity index (χ0v) is 12.4. The molecule has 0 saturated carbocycles. The molecule has 1 aromatic rings. The maximum absolute atomic E-state index is 12.6. The smallest absolute Gasteiger partial charge is 0.313 e. The lowest BCUT2D eigenvalue weighted by molar-refractivity contribution is -0.137. The van der Waals surface area contributed by atoms with Crippen LogP contribution >= 0.6 is 0 Å². The minimum absolute atomic E-state index is 0.519. The molecule has 0 aliphatic carbocycles. The van der Waals surface area contributed by atoms with E-state index in [1.54, 1.807) is 12.1 Å². The van der Waals surface area contributed by atoms with Crippen molar-refractivity contribution in [3.8, 4) is 0 Å². The minimum Gasteiger partial charge on any atom is -0.313 e. The number of nitrogens with zero attached hydrogens (tertiary/aromatic N) is 1. The summed E-state index contributed by atoms with van der Waals surface area (Å²) in [5.41, 5.74) is 0.361. The Morgan fingerprint density at radius 3 is 2.48 bits per heavy atom. The number of hydrogen-bond acceptors (Lipinski definition) is 2. The molecule has 0 radical (unpaired) electrons. The van der Waals surface area contributed by atoms with Crippen LogP contribution in [0.15, 0.2) is 24.3 Å². The van der Waals surface area contributed by atoms with Crippen LogP contribution in [0.1, 0.15) is 37.3 Å². The Morgan fingerprint density at radius 2 is 1.95 bits per heavy atom. The van der Waals surface area contributed by atoms with E-state index >= 15 is 0 Å². The van der Waals surface area contributed by atoms with Crippen LogP contribution in [-0.2, 0) is 12.7 Å². The first-order valence-corrected chi connectivity index (χ1v) is 7.61. The Morgan fingerprint density at radius 1 is 1.24 bits per heavy atom. The van der Waals surface area contributed by atoms with E-state index in [0.717, 1.165) is 31.6 Å². The van der Waals surface area contributed by atoms with E-state index < -0.39 is 11.7 Å². The van der Waals surface area contributed by atoms with Crippen LogP contribution in [0.2, 0.25) is 0 Å². The first-order chi connectivity index (χ1) is 9.99. The Labute approximate surface area is 124 Å². The molecule has 0 aromatic heterocycles. The van der Waals surface area contributed by atoms with Gasteiger partial charge in [0.25, 0.3) is 0 Å². The van der Waals surface area contributed by atoms with Crippen LogP contribution in [-0.4, -0.2) is 30.6 Å². The number of benzene rings is 1. The second-order valence-corrected chi connectivity index (χ2v) is 5.72. The third-order valence-electron chi connectivity index (χ3n) is 3.87. The van der Waals surface area contributed by atoms with Gasteiger partial charge >= 0.3 is 6.18 Å². The van der Waals surface area contributed by atoms with Gasteiger partial charge in [0.05, 0.1) is 5.56 Å². The standard InChI is InChI=1S/C16H23F3N2/c1-2-10-21(12-15-4-3-9-20-15)11-13-5-7-14(8-6-13)16(17,18)19/h5-8,15,20H,2-4,9-12H2,1H3. The zero-order valence-electron chi connectivity index (χ0n) is 12.4. The van der Waals surface area contributed by atoms with Gasteiger partial charge in [-0.1, -0.05) is 19.1 Å². The highest BCUT2D eigenvalue weighted by atomic mass is 19.4. The Hall–Kier alpha value is -1.07. The van der Waals surface area contributed by atoms with E-state index in [-0.39, 0.29) is 0 Å². The van der Waals surface area contributed by atoms with Crippen molar-refractivity contribution in [2.75, 3.05) is 19.6 Å². The zero-order chi connectivity index (χ0) is 15.3. The summed E-state index contributed by atoms with van der Waals surface area (Å²) in [4.78, 5) is 2.32. The van der Waals surface area contributed by atoms with Crippen molar-refractivity contribution >= 4 is 0 Å². The molecule has 1 unspecified atom stereocenters. The molecule has 2 nitrogen and oxygen atoms in total. The van der Waals surface area contributed by atoms with Crippen LogP contribution in [0.25, 0.3) is 0 Å². The number of nitrogens with one attached hydrogen (secondary N) is 1.